The number of nitrogens with one attached hydrogen (secondary N) is 1. The van der Waals surface area contributed by atoms with E-state index in [1.165, 1.54) is 0 Å². The normalized spacial score (nSPS) is 19.7. The Bertz CT molecular complexity index is 524. The van der Waals surface area contributed by atoms with Crippen molar-refractivity contribution >= 4 is 11.8 Å². The fourth-order valence-electron chi connectivity index (χ4n) is 4.18. The van der Waals surface area contributed by atoms with Crippen LogP contribution in [0.4, 0.5) is 10.5 Å². The summed E-state index contributed by atoms with van der Waals surface area (Å²) in [5, 5.41) is 3.72. The highest BCUT2D eigenvalue weighted by Crippen LogP contribution is 2.35. The average Bonchev–Trinajstić information content (AvgIpc) is 2.45. The predicted octanol–water partition coefficient (Wildman–Crippen LogP) is 4.60. The van der Waals surface area contributed by atoms with Gasteiger partial charge in [0.15, 0.2) is 0 Å². The second-order valence-electron chi connectivity index (χ2n) is 8.14. The predicted molar refractivity (Wildman–Crippen MR) is 99.4 cm³/mol. The molecular formula is C20H32N2O2. The Hall–Kier alpha value is -1.55. The molecule has 4 heteroatoms. The second-order valence-corrected chi connectivity index (χ2v) is 8.14. The van der Waals surface area contributed by atoms with Crippen LogP contribution in [0.5, 0.6) is 0 Å². The number of nitrogens with zero attached hydrogens (tertiary/aromatic N) is 1. The fraction of sp³-hybridized carbons (Fsp3) is 0.650. The lowest BCUT2D eigenvalue weighted by Gasteiger charge is -2.47. The number of carbonyl (C=O) groups is 1. The van der Waals surface area contributed by atoms with Crippen molar-refractivity contribution in [2.24, 2.45) is 5.92 Å². The van der Waals surface area contributed by atoms with Crippen LogP contribution in [0.3, 0.4) is 0 Å². The van der Waals surface area contributed by atoms with E-state index in [-0.39, 0.29) is 17.2 Å². The van der Waals surface area contributed by atoms with Crippen molar-refractivity contribution in [1.82, 2.24) is 5.32 Å². The molecule has 0 aliphatic carbocycles. The first-order chi connectivity index (χ1) is 11.2. The van der Waals surface area contributed by atoms with Gasteiger partial charge in [-0.3, -0.25) is 4.90 Å². The number of hydrogen-bond donors (Lipinski definition) is 1. The molecule has 0 aromatic heterocycles. The van der Waals surface area contributed by atoms with Gasteiger partial charge in [-0.2, -0.15) is 0 Å². The highest BCUT2D eigenvalue weighted by atomic mass is 16.6. The maximum atomic E-state index is 12.4. The number of hydrogen-bond acceptors (Lipinski definition) is 3. The molecular weight excluding hydrogens is 300 g/mol. The van der Waals surface area contributed by atoms with Crippen LogP contribution < -0.4 is 10.2 Å². The summed E-state index contributed by atoms with van der Waals surface area (Å²) in [5.41, 5.74) is 1.17. The van der Waals surface area contributed by atoms with Gasteiger partial charge in [0.05, 0.1) is 6.61 Å². The minimum atomic E-state index is -0.254. The molecule has 134 valence electrons. The third kappa shape index (κ3) is 5.23. The number of para-hydroxylation sites is 1. The molecule has 1 aromatic carbocycles. The Morgan fingerprint density at radius 1 is 1.17 bits per heavy atom. The third-order valence-corrected chi connectivity index (χ3v) is 4.59. The van der Waals surface area contributed by atoms with Crippen LogP contribution in [0.15, 0.2) is 30.3 Å². The van der Waals surface area contributed by atoms with Crippen molar-refractivity contribution in [1.29, 1.82) is 0 Å². The van der Waals surface area contributed by atoms with Crippen LogP contribution in [0.2, 0.25) is 0 Å². The summed E-state index contributed by atoms with van der Waals surface area (Å²) >= 11 is 0. The lowest BCUT2D eigenvalue weighted by Crippen LogP contribution is -2.58. The minimum Gasteiger partial charge on any atom is -0.449 e. The maximum Gasteiger partial charge on any atom is 0.414 e. The van der Waals surface area contributed by atoms with Crippen molar-refractivity contribution in [2.75, 3.05) is 18.1 Å². The largest absolute Gasteiger partial charge is 0.449 e. The SMILES string of the molecule is CCOC(=O)N(CCC1CC(C)(C)NC(C)(C)C1)c1ccccc1. The highest BCUT2D eigenvalue weighted by molar-refractivity contribution is 5.87. The number of carbonyl (C=O) groups excluding carboxylic acids is 1. The van der Waals surface area contributed by atoms with E-state index in [0.717, 1.165) is 24.9 Å². The van der Waals surface area contributed by atoms with Gasteiger partial charge in [-0.1, -0.05) is 18.2 Å². The Morgan fingerprint density at radius 2 is 1.75 bits per heavy atom. The van der Waals surface area contributed by atoms with Gasteiger partial charge in [-0.15, -0.1) is 0 Å². The van der Waals surface area contributed by atoms with Gasteiger partial charge < -0.3 is 10.1 Å². The number of rotatable bonds is 5. The first kappa shape index (κ1) is 18.8. The van der Waals surface area contributed by atoms with E-state index >= 15 is 0 Å². The molecule has 2 rings (SSSR count). The van der Waals surface area contributed by atoms with Gasteiger partial charge in [0, 0.05) is 23.3 Å². The van der Waals surface area contributed by atoms with Gasteiger partial charge in [0.1, 0.15) is 0 Å². The van der Waals surface area contributed by atoms with Crippen LogP contribution >= 0.6 is 0 Å². The summed E-state index contributed by atoms with van der Waals surface area (Å²) in [6.45, 7) is 12.0. The Labute approximate surface area is 146 Å². The molecule has 24 heavy (non-hydrogen) atoms. The smallest absolute Gasteiger partial charge is 0.414 e. The average molecular weight is 332 g/mol. The van der Waals surface area contributed by atoms with Gasteiger partial charge in [-0.05, 0) is 71.9 Å². The molecule has 1 heterocycles. The Kier molecular flexibility index (Phi) is 5.92. The first-order valence-electron chi connectivity index (χ1n) is 9.01. The summed E-state index contributed by atoms with van der Waals surface area (Å²) in [5.74, 6) is 0.594. The zero-order chi connectivity index (χ0) is 17.8. The quantitative estimate of drug-likeness (QED) is 0.857. The molecule has 1 saturated heterocycles. The number of piperidine rings is 1. The zero-order valence-corrected chi connectivity index (χ0v) is 15.8. The maximum absolute atomic E-state index is 12.4. The minimum absolute atomic E-state index is 0.133. The first-order valence-corrected chi connectivity index (χ1v) is 9.01. The van der Waals surface area contributed by atoms with Gasteiger partial charge >= 0.3 is 6.09 Å². The monoisotopic (exact) mass is 332 g/mol. The standard InChI is InChI=1S/C20H32N2O2/c1-6-24-18(23)22(17-10-8-7-9-11-17)13-12-16-14-19(2,3)21-20(4,5)15-16/h7-11,16,21H,6,12-15H2,1-5H3. The zero-order valence-electron chi connectivity index (χ0n) is 15.8. The molecule has 1 N–H and O–H groups in total. The van der Waals surface area contributed by atoms with Crippen LogP contribution in [0, 0.1) is 5.92 Å². The third-order valence-electron chi connectivity index (χ3n) is 4.59. The van der Waals surface area contributed by atoms with Crippen LogP contribution in [-0.4, -0.2) is 30.3 Å². The summed E-state index contributed by atoms with van der Waals surface area (Å²) in [6.07, 6.45) is 2.99. The molecule has 0 unspecified atom stereocenters. The molecule has 0 radical (unpaired) electrons. The summed E-state index contributed by atoms with van der Waals surface area (Å²) in [4.78, 5) is 14.1. The summed E-state index contributed by atoms with van der Waals surface area (Å²) in [6, 6.07) is 9.81. The van der Waals surface area contributed by atoms with E-state index in [4.69, 9.17) is 4.74 Å². The Morgan fingerprint density at radius 3 is 2.29 bits per heavy atom. The van der Waals surface area contributed by atoms with E-state index in [9.17, 15) is 4.79 Å². The molecule has 1 aliphatic rings. The van der Waals surface area contributed by atoms with Crippen molar-refractivity contribution < 1.29 is 9.53 Å². The van der Waals surface area contributed by atoms with Crippen LogP contribution in [0.25, 0.3) is 0 Å². The Balaban J connectivity index is 2.06. The topological polar surface area (TPSA) is 41.6 Å². The van der Waals surface area contributed by atoms with Gasteiger partial charge in [0.25, 0.3) is 0 Å². The molecule has 1 fully saturated rings. The lowest BCUT2D eigenvalue weighted by molar-refractivity contribution is 0.123. The van der Waals surface area contributed by atoms with Crippen molar-refractivity contribution in [3.05, 3.63) is 30.3 Å². The van der Waals surface area contributed by atoms with E-state index in [0.29, 0.717) is 19.1 Å². The molecule has 0 atom stereocenters. The number of benzene rings is 1. The number of amides is 1. The second kappa shape index (κ2) is 7.56. The number of anilines is 1. The molecule has 0 bridgehead atoms. The molecule has 1 aliphatic heterocycles. The lowest BCUT2D eigenvalue weighted by atomic mass is 9.74. The van der Waals surface area contributed by atoms with Crippen molar-refractivity contribution in [3.8, 4) is 0 Å². The molecule has 0 saturated carbocycles. The summed E-state index contributed by atoms with van der Waals surface area (Å²) in [7, 11) is 0. The van der Waals surface area contributed by atoms with E-state index < -0.39 is 0 Å². The van der Waals surface area contributed by atoms with Crippen LogP contribution in [0.1, 0.15) is 53.9 Å². The molecule has 1 amide bonds. The van der Waals surface area contributed by atoms with Crippen LogP contribution in [-0.2, 0) is 4.74 Å². The van der Waals surface area contributed by atoms with Gasteiger partial charge in [0.2, 0.25) is 0 Å². The fourth-order valence-corrected chi connectivity index (χ4v) is 4.18. The molecule has 1 aromatic rings. The molecule has 0 spiro atoms. The number of ether oxygens (including phenoxy) is 1. The van der Waals surface area contributed by atoms with E-state index in [1.807, 2.05) is 37.3 Å². The van der Waals surface area contributed by atoms with E-state index in [1.54, 1.807) is 4.90 Å². The van der Waals surface area contributed by atoms with Crippen molar-refractivity contribution in [3.63, 3.8) is 0 Å². The highest BCUT2D eigenvalue weighted by Gasteiger charge is 2.37. The van der Waals surface area contributed by atoms with Gasteiger partial charge in [-0.25, -0.2) is 4.79 Å². The van der Waals surface area contributed by atoms with Crippen molar-refractivity contribution in [2.45, 2.75) is 65.0 Å². The summed E-state index contributed by atoms with van der Waals surface area (Å²) < 4.78 is 5.25. The molecule has 4 nitrogen and oxygen atoms in total. The van der Waals surface area contributed by atoms with E-state index in [2.05, 4.69) is 33.0 Å².